The number of aryl methyl sites for hydroxylation is 1. The highest BCUT2D eigenvalue weighted by molar-refractivity contribution is 6.12. The molecule has 1 aromatic carbocycles. The molecule has 0 aromatic heterocycles. The second-order valence-electron chi connectivity index (χ2n) is 3.91. The van der Waals surface area contributed by atoms with Crippen molar-refractivity contribution in [3.8, 4) is 0 Å². The van der Waals surface area contributed by atoms with E-state index < -0.39 is 5.97 Å². The summed E-state index contributed by atoms with van der Waals surface area (Å²) in [5.74, 6) is -0.491. The van der Waals surface area contributed by atoms with Gasteiger partial charge in [0.1, 0.15) is 0 Å². The van der Waals surface area contributed by atoms with Gasteiger partial charge in [0.15, 0.2) is 5.78 Å². The van der Waals surface area contributed by atoms with Crippen LogP contribution in [0.1, 0.15) is 29.3 Å². The fourth-order valence-corrected chi connectivity index (χ4v) is 1.98. The molecular formula is C14H14O3. The van der Waals surface area contributed by atoms with Crippen LogP contribution in [0.25, 0.3) is 0 Å². The van der Waals surface area contributed by atoms with E-state index in [0.29, 0.717) is 24.2 Å². The Bertz CT molecular complexity index is 486. The Morgan fingerprint density at radius 2 is 2.12 bits per heavy atom. The van der Waals surface area contributed by atoms with Crippen LogP contribution in [0.3, 0.4) is 0 Å². The lowest BCUT2D eigenvalue weighted by atomic mass is 9.87. The van der Waals surface area contributed by atoms with Gasteiger partial charge in [0, 0.05) is 17.2 Å². The topological polar surface area (TPSA) is 43.4 Å². The number of ether oxygens (including phenoxy) is 1. The van der Waals surface area contributed by atoms with E-state index >= 15 is 0 Å². The van der Waals surface area contributed by atoms with Crippen molar-refractivity contribution in [3.63, 3.8) is 0 Å². The average molecular weight is 230 g/mol. The average Bonchev–Trinajstić information content (AvgIpc) is 2.33. The highest BCUT2D eigenvalue weighted by Gasteiger charge is 2.22. The van der Waals surface area contributed by atoms with Crippen LogP contribution in [0.15, 0.2) is 35.9 Å². The lowest BCUT2D eigenvalue weighted by Crippen LogP contribution is -2.15. The molecule has 0 saturated heterocycles. The van der Waals surface area contributed by atoms with Crippen molar-refractivity contribution in [1.82, 2.24) is 0 Å². The summed E-state index contributed by atoms with van der Waals surface area (Å²) in [4.78, 5) is 23.4. The molecule has 3 heteroatoms. The van der Waals surface area contributed by atoms with Gasteiger partial charge >= 0.3 is 5.97 Å². The van der Waals surface area contributed by atoms with E-state index in [-0.39, 0.29) is 5.78 Å². The molecule has 17 heavy (non-hydrogen) atoms. The fourth-order valence-electron chi connectivity index (χ4n) is 1.98. The van der Waals surface area contributed by atoms with Gasteiger partial charge in [0.2, 0.25) is 0 Å². The summed E-state index contributed by atoms with van der Waals surface area (Å²) in [6, 6.07) is 7.51. The zero-order valence-corrected chi connectivity index (χ0v) is 9.73. The number of Topliss-reactive ketones (excluding diaryl/α,β-unsaturated/α-hetero) is 1. The van der Waals surface area contributed by atoms with Crippen molar-refractivity contribution in [2.45, 2.75) is 19.8 Å². The van der Waals surface area contributed by atoms with Gasteiger partial charge in [-0.05, 0) is 25.3 Å². The van der Waals surface area contributed by atoms with E-state index in [1.807, 2.05) is 18.2 Å². The van der Waals surface area contributed by atoms with Crippen LogP contribution in [0, 0.1) is 0 Å². The maximum Gasteiger partial charge on any atom is 0.331 e. The molecule has 0 N–H and O–H groups in total. The first-order valence-corrected chi connectivity index (χ1v) is 5.72. The summed E-state index contributed by atoms with van der Waals surface area (Å²) in [7, 11) is 0. The quantitative estimate of drug-likeness (QED) is 0.578. The van der Waals surface area contributed by atoms with Crippen LogP contribution < -0.4 is 0 Å². The molecule has 0 aliphatic heterocycles. The molecule has 0 radical (unpaired) electrons. The van der Waals surface area contributed by atoms with Crippen LogP contribution in [-0.2, 0) is 16.0 Å². The lowest BCUT2D eigenvalue weighted by molar-refractivity contribution is -0.137. The zero-order chi connectivity index (χ0) is 12.3. The molecule has 88 valence electrons. The highest BCUT2D eigenvalue weighted by Crippen LogP contribution is 2.24. The van der Waals surface area contributed by atoms with Gasteiger partial charge in [0.25, 0.3) is 0 Å². The second-order valence-corrected chi connectivity index (χ2v) is 3.91. The third-order valence-electron chi connectivity index (χ3n) is 2.80. The molecule has 0 fully saturated rings. The SMILES string of the molecule is CCOC(=O)/C=C1/CCc2ccccc2C1=O. The van der Waals surface area contributed by atoms with Gasteiger partial charge in [-0.15, -0.1) is 0 Å². The summed E-state index contributed by atoms with van der Waals surface area (Å²) in [5, 5.41) is 0. The molecule has 0 amide bonds. The van der Waals surface area contributed by atoms with Crippen LogP contribution in [0.5, 0.6) is 0 Å². The first-order chi connectivity index (χ1) is 8.22. The first kappa shape index (κ1) is 11.6. The van der Waals surface area contributed by atoms with Crippen molar-refractivity contribution >= 4 is 11.8 Å². The van der Waals surface area contributed by atoms with Crippen molar-refractivity contribution in [1.29, 1.82) is 0 Å². The number of fused-ring (bicyclic) bond motifs is 1. The van der Waals surface area contributed by atoms with Crippen LogP contribution >= 0.6 is 0 Å². The van der Waals surface area contributed by atoms with Crippen molar-refractivity contribution < 1.29 is 14.3 Å². The van der Waals surface area contributed by atoms with Crippen LogP contribution in [-0.4, -0.2) is 18.4 Å². The van der Waals surface area contributed by atoms with Gasteiger partial charge in [-0.1, -0.05) is 24.3 Å². The third kappa shape index (κ3) is 2.44. The number of benzene rings is 1. The number of carbonyl (C=O) groups excluding carboxylic acids is 2. The van der Waals surface area contributed by atoms with Crippen molar-refractivity contribution in [2.24, 2.45) is 0 Å². The molecule has 1 aliphatic carbocycles. The van der Waals surface area contributed by atoms with Gasteiger partial charge < -0.3 is 4.74 Å². The smallest absolute Gasteiger partial charge is 0.331 e. The van der Waals surface area contributed by atoms with Crippen LogP contribution in [0.2, 0.25) is 0 Å². The van der Waals surface area contributed by atoms with Crippen LogP contribution in [0.4, 0.5) is 0 Å². The Kier molecular flexibility index (Phi) is 3.38. The minimum Gasteiger partial charge on any atom is -0.463 e. The maximum atomic E-state index is 12.1. The van der Waals surface area contributed by atoms with Crippen molar-refractivity contribution in [3.05, 3.63) is 47.0 Å². The molecule has 0 atom stereocenters. The van der Waals surface area contributed by atoms with Gasteiger partial charge in [-0.25, -0.2) is 4.79 Å². The van der Waals surface area contributed by atoms with Crippen molar-refractivity contribution in [2.75, 3.05) is 6.61 Å². The number of hydrogen-bond acceptors (Lipinski definition) is 3. The largest absolute Gasteiger partial charge is 0.463 e. The maximum absolute atomic E-state index is 12.1. The Labute approximate surface area is 100 Å². The number of esters is 1. The van der Waals surface area contributed by atoms with Gasteiger partial charge in [0.05, 0.1) is 6.61 Å². The molecule has 1 aromatic rings. The minimum atomic E-state index is -0.435. The molecule has 3 nitrogen and oxygen atoms in total. The first-order valence-electron chi connectivity index (χ1n) is 5.72. The second kappa shape index (κ2) is 4.95. The monoisotopic (exact) mass is 230 g/mol. The molecule has 0 heterocycles. The molecule has 0 spiro atoms. The van der Waals surface area contributed by atoms with E-state index in [4.69, 9.17) is 4.74 Å². The zero-order valence-electron chi connectivity index (χ0n) is 9.73. The number of carbonyl (C=O) groups is 2. The molecule has 1 aliphatic rings. The highest BCUT2D eigenvalue weighted by atomic mass is 16.5. The Balaban J connectivity index is 2.26. The molecule has 0 unspecified atom stereocenters. The number of rotatable bonds is 2. The fraction of sp³-hybridized carbons (Fsp3) is 0.286. The standard InChI is InChI=1S/C14H14O3/c1-2-17-13(15)9-11-8-7-10-5-3-4-6-12(10)14(11)16/h3-6,9H,2,7-8H2,1H3/b11-9-. The normalized spacial score (nSPS) is 16.8. The Morgan fingerprint density at radius 3 is 2.88 bits per heavy atom. The molecule has 2 rings (SSSR count). The number of allylic oxidation sites excluding steroid dienone is 1. The van der Waals surface area contributed by atoms with E-state index in [0.717, 1.165) is 12.0 Å². The Hall–Kier alpha value is -1.90. The predicted octanol–water partition coefficient (Wildman–Crippen LogP) is 2.31. The van der Waals surface area contributed by atoms with E-state index in [2.05, 4.69) is 0 Å². The minimum absolute atomic E-state index is 0.0556. The molecule has 0 bridgehead atoms. The molecular weight excluding hydrogens is 216 g/mol. The summed E-state index contributed by atoms with van der Waals surface area (Å²) in [5.41, 5.74) is 2.30. The van der Waals surface area contributed by atoms with E-state index in [1.54, 1.807) is 13.0 Å². The number of hydrogen-bond donors (Lipinski definition) is 0. The summed E-state index contributed by atoms with van der Waals surface area (Å²) in [6.07, 6.45) is 2.73. The van der Waals surface area contributed by atoms with Gasteiger partial charge in [-0.2, -0.15) is 0 Å². The number of ketones is 1. The summed E-state index contributed by atoms with van der Waals surface area (Å²) < 4.78 is 4.81. The third-order valence-corrected chi connectivity index (χ3v) is 2.80. The predicted molar refractivity (Wildman–Crippen MR) is 63.8 cm³/mol. The van der Waals surface area contributed by atoms with E-state index in [1.165, 1.54) is 6.08 Å². The lowest BCUT2D eigenvalue weighted by Gasteiger charge is -2.16. The van der Waals surface area contributed by atoms with Gasteiger partial charge in [-0.3, -0.25) is 4.79 Å². The van der Waals surface area contributed by atoms with E-state index in [9.17, 15) is 9.59 Å². The summed E-state index contributed by atoms with van der Waals surface area (Å²) in [6.45, 7) is 2.07. The Morgan fingerprint density at radius 1 is 1.35 bits per heavy atom. The summed E-state index contributed by atoms with van der Waals surface area (Å²) >= 11 is 0. The molecule has 0 saturated carbocycles.